The maximum absolute atomic E-state index is 12.7. The summed E-state index contributed by atoms with van der Waals surface area (Å²) in [5, 5.41) is 6.53. The van der Waals surface area contributed by atoms with E-state index in [1.165, 1.54) is 18.2 Å². The second-order valence-corrected chi connectivity index (χ2v) is 7.78. The predicted octanol–water partition coefficient (Wildman–Crippen LogP) is 2.89. The third-order valence-corrected chi connectivity index (χ3v) is 5.73. The van der Waals surface area contributed by atoms with Gasteiger partial charge in [-0.1, -0.05) is 12.1 Å². The van der Waals surface area contributed by atoms with Gasteiger partial charge < -0.3 is 20.0 Å². The molecule has 1 aromatic heterocycles. The Bertz CT molecular complexity index is 810. The zero-order valence-electron chi connectivity index (χ0n) is 16.4. The van der Waals surface area contributed by atoms with E-state index in [-0.39, 0.29) is 30.3 Å². The highest BCUT2D eigenvalue weighted by Gasteiger charge is 2.26. The number of benzene rings is 1. The number of amides is 2. The van der Waals surface area contributed by atoms with E-state index in [0.717, 1.165) is 37.9 Å². The van der Waals surface area contributed by atoms with Gasteiger partial charge in [-0.2, -0.15) is 0 Å². The normalized spacial score (nSPS) is 19.6. The molecule has 2 aliphatic rings. The van der Waals surface area contributed by atoms with Crippen LogP contribution in [0.15, 0.2) is 47.1 Å². The van der Waals surface area contributed by atoms with Crippen LogP contribution in [0.5, 0.6) is 0 Å². The molecule has 1 aromatic carbocycles. The number of carbonyl (C=O) groups excluding carboxylic acids is 2. The van der Waals surface area contributed by atoms with Crippen molar-refractivity contribution in [3.8, 4) is 0 Å². The molecular formula is C22H28ClN3O3. The number of hydrogen-bond donors (Lipinski definition) is 2. The van der Waals surface area contributed by atoms with Gasteiger partial charge in [0.05, 0.1) is 6.26 Å². The van der Waals surface area contributed by atoms with Crippen LogP contribution in [-0.4, -0.2) is 48.9 Å². The zero-order chi connectivity index (χ0) is 19.3. The lowest BCUT2D eigenvalue weighted by Gasteiger charge is -2.31. The Morgan fingerprint density at radius 1 is 1.14 bits per heavy atom. The maximum atomic E-state index is 12.7. The zero-order valence-corrected chi connectivity index (χ0v) is 17.2. The van der Waals surface area contributed by atoms with Crippen molar-refractivity contribution < 1.29 is 14.0 Å². The minimum Gasteiger partial charge on any atom is -0.459 e. The first kappa shape index (κ1) is 21.4. The lowest BCUT2D eigenvalue weighted by atomic mass is 9.97. The smallest absolute Gasteiger partial charge is 0.289 e. The Kier molecular flexibility index (Phi) is 7.34. The molecule has 0 bridgehead atoms. The van der Waals surface area contributed by atoms with Gasteiger partial charge in [0.25, 0.3) is 11.8 Å². The van der Waals surface area contributed by atoms with Crippen molar-refractivity contribution in [2.24, 2.45) is 5.92 Å². The number of rotatable bonds is 5. The molecule has 1 atom stereocenters. The highest BCUT2D eigenvalue weighted by molar-refractivity contribution is 5.94. The third-order valence-electron chi connectivity index (χ3n) is 5.73. The van der Waals surface area contributed by atoms with Gasteiger partial charge in [-0.3, -0.25) is 9.59 Å². The van der Waals surface area contributed by atoms with Crippen LogP contribution >= 0.6 is 12.4 Å². The van der Waals surface area contributed by atoms with Gasteiger partial charge in [-0.05, 0) is 74.5 Å². The summed E-state index contributed by atoms with van der Waals surface area (Å²) in [5.74, 6) is 0.928. The molecule has 0 spiro atoms. The Hall–Kier alpha value is -2.31. The molecule has 0 radical (unpaired) electrons. The Labute approximate surface area is 177 Å². The van der Waals surface area contributed by atoms with E-state index in [0.29, 0.717) is 24.8 Å². The average molecular weight is 418 g/mol. The molecular weight excluding hydrogens is 390 g/mol. The van der Waals surface area contributed by atoms with Gasteiger partial charge in [0.15, 0.2) is 5.76 Å². The predicted molar refractivity (Wildman–Crippen MR) is 113 cm³/mol. The van der Waals surface area contributed by atoms with Crippen LogP contribution in [-0.2, 0) is 6.42 Å². The van der Waals surface area contributed by atoms with Crippen molar-refractivity contribution in [1.29, 1.82) is 0 Å². The summed E-state index contributed by atoms with van der Waals surface area (Å²) in [7, 11) is 0. The summed E-state index contributed by atoms with van der Waals surface area (Å²) >= 11 is 0. The summed E-state index contributed by atoms with van der Waals surface area (Å²) in [6, 6.07) is 11.5. The largest absolute Gasteiger partial charge is 0.459 e. The van der Waals surface area contributed by atoms with Gasteiger partial charge in [0, 0.05) is 24.7 Å². The highest BCUT2D eigenvalue weighted by Crippen LogP contribution is 2.18. The number of nitrogens with zero attached hydrogens (tertiary/aromatic N) is 1. The highest BCUT2D eigenvalue weighted by atomic mass is 35.5. The Balaban J connectivity index is 0.00000240. The quantitative estimate of drug-likeness (QED) is 0.784. The monoisotopic (exact) mass is 417 g/mol. The van der Waals surface area contributed by atoms with E-state index in [9.17, 15) is 9.59 Å². The number of hydrogen-bond acceptors (Lipinski definition) is 4. The van der Waals surface area contributed by atoms with Crippen molar-refractivity contribution in [3.63, 3.8) is 0 Å². The van der Waals surface area contributed by atoms with Crippen LogP contribution in [0.1, 0.15) is 45.7 Å². The number of carbonyl (C=O) groups is 2. The summed E-state index contributed by atoms with van der Waals surface area (Å²) in [4.78, 5) is 26.8. The molecule has 6 nitrogen and oxygen atoms in total. The van der Waals surface area contributed by atoms with Crippen molar-refractivity contribution in [2.75, 3.05) is 26.2 Å². The molecule has 7 heteroatoms. The summed E-state index contributed by atoms with van der Waals surface area (Å²) in [6.45, 7) is 3.40. The molecule has 2 saturated heterocycles. The molecule has 2 N–H and O–H groups in total. The van der Waals surface area contributed by atoms with Crippen LogP contribution in [0.25, 0.3) is 0 Å². The van der Waals surface area contributed by atoms with Gasteiger partial charge in [-0.25, -0.2) is 0 Å². The summed E-state index contributed by atoms with van der Waals surface area (Å²) < 4.78 is 5.19. The number of furan rings is 1. The molecule has 3 heterocycles. The van der Waals surface area contributed by atoms with Crippen molar-refractivity contribution in [3.05, 3.63) is 59.5 Å². The first-order valence-electron chi connectivity index (χ1n) is 10.1. The average Bonchev–Trinajstić information content (AvgIpc) is 3.42. The molecule has 4 rings (SSSR count). The van der Waals surface area contributed by atoms with E-state index in [4.69, 9.17) is 4.42 Å². The second-order valence-electron chi connectivity index (χ2n) is 7.78. The summed E-state index contributed by atoms with van der Waals surface area (Å²) in [5.41, 5.74) is 1.94. The Morgan fingerprint density at radius 2 is 1.97 bits per heavy atom. The van der Waals surface area contributed by atoms with Gasteiger partial charge >= 0.3 is 0 Å². The van der Waals surface area contributed by atoms with Gasteiger partial charge in [0.2, 0.25) is 0 Å². The minimum absolute atomic E-state index is 0. The Morgan fingerprint density at radius 3 is 2.66 bits per heavy atom. The lowest BCUT2D eigenvalue weighted by Crippen LogP contribution is -2.46. The third kappa shape index (κ3) is 5.40. The topological polar surface area (TPSA) is 74.6 Å². The van der Waals surface area contributed by atoms with E-state index >= 15 is 0 Å². The van der Waals surface area contributed by atoms with Crippen LogP contribution in [0.4, 0.5) is 0 Å². The molecule has 2 aliphatic heterocycles. The molecule has 2 fully saturated rings. The number of halogens is 1. The fourth-order valence-electron chi connectivity index (χ4n) is 4.11. The fraction of sp³-hybridized carbons (Fsp3) is 0.455. The molecule has 2 amide bonds. The number of nitrogens with one attached hydrogen (secondary N) is 2. The van der Waals surface area contributed by atoms with Crippen molar-refractivity contribution in [1.82, 2.24) is 15.5 Å². The van der Waals surface area contributed by atoms with Gasteiger partial charge in [0.1, 0.15) is 0 Å². The summed E-state index contributed by atoms with van der Waals surface area (Å²) in [6.07, 6.45) is 5.24. The molecule has 1 unspecified atom stereocenters. The van der Waals surface area contributed by atoms with E-state index in [1.807, 2.05) is 18.2 Å². The van der Waals surface area contributed by atoms with Crippen molar-refractivity contribution in [2.45, 2.75) is 31.7 Å². The number of piperidine rings is 1. The second kappa shape index (κ2) is 9.94. The minimum atomic E-state index is -0.0797. The van der Waals surface area contributed by atoms with E-state index in [2.05, 4.69) is 16.7 Å². The SMILES string of the molecule is Cl.O=C(NC1CCN(C(=O)c2ccco2)CC1)c1cccc(CC2CCNC2)c1. The van der Waals surface area contributed by atoms with Crippen LogP contribution < -0.4 is 10.6 Å². The maximum Gasteiger partial charge on any atom is 0.289 e. The molecule has 2 aromatic rings. The first-order valence-corrected chi connectivity index (χ1v) is 10.1. The molecule has 29 heavy (non-hydrogen) atoms. The van der Waals surface area contributed by atoms with Crippen molar-refractivity contribution >= 4 is 24.2 Å². The standard InChI is InChI=1S/C22H27N3O3.ClH/c26-21(18-4-1-3-16(14-18)13-17-6-9-23-15-17)24-19-7-10-25(11-8-19)22(27)20-5-2-12-28-20;/h1-5,12,14,17,19,23H,6-11,13,15H2,(H,24,26);1H. The van der Waals surface area contributed by atoms with E-state index in [1.54, 1.807) is 17.0 Å². The molecule has 156 valence electrons. The molecule has 0 saturated carbocycles. The van der Waals surface area contributed by atoms with Gasteiger partial charge in [-0.15, -0.1) is 12.4 Å². The first-order chi connectivity index (χ1) is 13.7. The fourth-order valence-corrected chi connectivity index (χ4v) is 4.11. The molecule has 0 aliphatic carbocycles. The van der Waals surface area contributed by atoms with Crippen LogP contribution in [0.2, 0.25) is 0 Å². The van der Waals surface area contributed by atoms with Crippen LogP contribution in [0, 0.1) is 5.92 Å². The van der Waals surface area contributed by atoms with Crippen LogP contribution in [0.3, 0.4) is 0 Å². The lowest BCUT2D eigenvalue weighted by molar-refractivity contribution is 0.0667. The van der Waals surface area contributed by atoms with E-state index < -0.39 is 0 Å². The number of likely N-dealkylation sites (tertiary alicyclic amines) is 1.